The Bertz CT molecular complexity index is 1300. The van der Waals surface area contributed by atoms with Crippen LogP contribution in [-0.4, -0.2) is 86.9 Å². The molecule has 0 aromatic heterocycles. The SMILES string of the molecule is CC(NC(CNC(=O)CCC(O)c1cc(O)cc(NC2=NCC(O)CN2)c1)C(=O)O)C1=Nc2ccccc2C1O. The minimum absolute atomic E-state index is 0.0307. The molecule has 214 valence electrons. The van der Waals surface area contributed by atoms with E-state index in [1.807, 2.05) is 0 Å². The molecule has 5 atom stereocenters. The Kier molecular flexibility index (Phi) is 9.32. The maximum absolute atomic E-state index is 12.5. The molecule has 1 amide bonds. The monoisotopic (exact) mass is 554 g/mol. The Morgan fingerprint density at radius 3 is 2.65 bits per heavy atom. The van der Waals surface area contributed by atoms with E-state index in [0.717, 1.165) is 0 Å². The van der Waals surface area contributed by atoms with Crippen LogP contribution in [0.15, 0.2) is 52.4 Å². The molecule has 5 unspecified atom stereocenters. The van der Waals surface area contributed by atoms with Crippen molar-refractivity contribution < 1.29 is 35.1 Å². The topological polar surface area (TPSA) is 208 Å². The predicted octanol–water partition coefficient (Wildman–Crippen LogP) is 0.305. The summed E-state index contributed by atoms with van der Waals surface area (Å²) in [6, 6.07) is 9.86. The summed E-state index contributed by atoms with van der Waals surface area (Å²) >= 11 is 0. The summed E-state index contributed by atoms with van der Waals surface area (Å²) in [4.78, 5) is 32.9. The number of benzene rings is 2. The van der Waals surface area contributed by atoms with E-state index >= 15 is 0 Å². The molecule has 0 saturated carbocycles. The van der Waals surface area contributed by atoms with Crippen molar-refractivity contribution in [2.75, 3.05) is 25.0 Å². The van der Waals surface area contributed by atoms with Crippen LogP contribution >= 0.6 is 0 Å². The molecule has 0 spiro atoms. The number of phenols is 1. The van der Waals surface area contributed by atoms with Gasteiger partial charge in [-0.1, -0.05) is 18.2 Å². The van der Waals surface area contributed by atoms with E-state index in [4.69, 9.17) is 0 Å². The van der Waals surface area contributed by atoms with Gasteiger partial charge in [0.15, 0.2) is 5.96 Å². The van der Waals surface area contributed by atoms with Crippen LogP contribution in [0.3, 0.4) is 0 Å². The second-order valence-electron chi connectivity index (χ2n) is 9.80. The number of fused-ring (bicyclic) bond motifs is 1. The predicted molar refractivity (Wildman–Crippen MR) is 148 cm³/mol. The van der Waals surface area contributed by atoms with Crippen molar-refractivity contribution >= 4 is 34.9 Å². The second-order valence-corrected chi connectivity index (χ2v) is 9.80. The van der Waals surface area contributed by atoms with Gasteiger partial charge in [-0.3, -0.25) is 24.9 Å². The normalized spacial score (nSPS) is 20.3. The van der Waals surface area contributed by atoms with E-state index in [0.29, 0.717) is 40.7 Å². The first-order valence-corrected chi connectivity index (χ1v) is 13.0. The third-order valence-corrected chi connectivity index (χ3v) is 6.66. The number of anilines is 1. The van der Waals surface area contributed by atoms with Crippen molar-refractivity contribution in [3.8, 4) is 5.75 Å². The van der Waals surface area contributed by atoms with Crippen LogP contribution < -0.4 is 21.3 Å². The number of nitrogens with zero attached hydrogens (tertiary/aromatic N) is 2. The number of aliphatic imine (C=N–C) groups is 2. The average Bonchev–Trinajstić information content (AvgIpc) is 3.27. The molecule has 2 aliphatic rings. The van der Waals surface area contributed by atoms with Crippen molar-refractivity contribution in [1.82, 2.24) is 16.0 Å². The summed E-state index contributed by atoms with van der Waals surface area (Å²) in [7, 11) is 0. The molecule has 4 rings (SSSR count). The van der Waals surface area contributed by atoms with Gasteiger partial charge in [0.05, 0.1) is 30.2 Å². The Morgan fingerprint density at radius 1 is 1.18 bits per heavy atom. The quantitative estimate of drug-likeness (QED) is 0.186. The van der Waals surface area contributed by atoms with Gasteiger partial charge in [0.1, 0.15) is 17.9 Å². The van der Waals surface area contributed by atoms with Crippen molar-refractivity contribution in [2.24, 2.45) is 9.98 Å². The number of carbonyl (C=O) groups is 2. The molecule has 0 saturated heterocycles. The number of guanidine groups is 1. The summed E-state index contributed by atoms with van der Waals surface area (Å²) in [5.74, 6) is -1.30. The lowest BCUT2D eigenvalue weighted by atomic mass is 10.0. The molecule has 9 N–H and O–H groups in total. The van der Waals surface area contributed by atoms with E-state index < -0.39 is 42.3 Å². The number of rotatable bonds is 11. The number of hydrogen-bond donors (Lipinski definition) is 9. The highest BCUT2D eigenvalue weighted by Crippen LogP contribution is 2.34. The van der Waals surface area contributed by atoms with E-state index in [1.54, 1.807) is 37.3 Å². The number of carboxylic acids is 1. The smallest absolute Gasteiger partial charge is 0.322 e. The molecule has 13 nitrogen and oxygen atoms in total. The number of nitrogens with one attached hydrogen (secondary N) is 4. The van der Waals surface area contributed by atoms with Crippen molar-refractivity contribution in [2.45, 2.75) is 50.2 Å². The van der Waals surface area contributed by atoms with Gasteiger partial charge in [-0.15, -0.1) is 0 Å². The van der Waals surface area contributed by atoms with Crippen molar-refractivity contribution in [1.29, 1.82) is 0 Å². The van der Waals surface area contributed by atoms with Crippen LogP contribution in [0, 0.1) is 0 Å². The highest BCUT2D eigenvalue weighted by molar-refractivity contribution is 6.00. The fourth-order valence-corrected chi connectivity index (χ4v) is 4.51. The molecule has 2 aromatic carbocycles. The molecule has 40 heavy (non-hydrogen) atoms. The first-order chi connectivity index (χ1) is 19.1. The Balaban J connectivity index is 1.27. The summed E-state index contributed by atoms with van der Waals surface area (Å²) in [6.07, 6.45) is -2.65. The first-order valence-electron chi connectivity index (χ1n) is 13.0. The summed E-state index contributed by atoms with van der Waals surface area (Å²) < 4.78 is 0. The maximum Gasteiger partial charge on any atom is 0.322 e. The molecule has 0 aliphatic carbocycles. The molecule has 2 aromatic rings. The number of aliphatic carboxylic acids is 1. The second kappa shape index (κ2) is 12.9. The molecular formula is C27H34N6O7. The number of para-hydroxylation sites is 1. The third-order valence-electron chi connectivity index (χ3n) is 6.66. The number of aliphatic hydroxyl groups excluding tert-OH is 3. The van der Waals surface area contributed by atoms with Crippen LogP contribution in [0.2, 0.25) is 0 Å². The summed E-state index contributed by atoms with van der Waals surface area (Å²) in [5.41, 5.74) is 2.52. The number of carboxylic acid groups (broad SMARTS) is 1. The number of aromatic hydroxyl groups is 1. The molecule has 0 fully saturated rings. The number of β-amino-alcohol motifs (C(OH)–C–C–N with tert-alkyl or cyclic N) is 1. The number of hydrogen-bond acceptors (Lipinski definition) is 11. The highest BCUT2D eigenvalue weighted by Gasteiger charge is 2.31. The third kappa shape index (κ3) is 7.33. The molecule has 2 aliphatic heterocycles. The fraction of sp³-hybridized carbons (Fsp3) is 0.407. The maximum atomic E-state index is 12.5. The van der Waals surface area contributed by atoms with Gasteiger partial charge in [-0.25, -0.2) is 0 Å². The van der Waals surface area contributed by atoms with Crippen LogP contribution in [0.5, 0.6) is 5.75 Å². The zero-order valence-corrected chi connectivity index (χ0v) is 21.9. The minimum atomic E-state index is -1.18. The number of amides is 1. The van der Waals surface area contributed by atoms with E-state index in [-0.39, 0.29) is 31.7 Å². The standard InChI is InChI=1S/C27H34N6O7/c1-14(24-25(38)19-4-2-3-5-20(19)33-24)31-21(26(39)40)13-28-23(37)7-6-22(36)15-8-16(10-17(34)9-15)32-27-29-11-18(35)12-30-27/h2-5,8-10,14,18,21-22,25,31,34-36,38H,6-7,11-13H2,1H3,(H,28,37)(H,39,40)(H2,29,30,32). The molecule has 0 radical (unpaired) electrons. The van der Waals surface area contributed by atoms with Gasteiger partial charge in [-0.2, -0.15) is 0 Å². The Hall–Kier alpha value is -4.04. The zero-order valence-electron chi connectivity index (χ0n) is 21.9. The van der Waals surface area contributed by atoms with Crippen molar-refractivity contribution in [3.05, 3.63) is 53.6 Å². The van der Waals surface area contributed by atoms with Gasteiger partial charge in [0.25, 0.3) is 0 Å². The lowest BCUT2D eigenvalue weighted by Gasteiger charge is -2.22. The molecule has 0 bridgehead atoms. The van der Waals surface area contributed by atoms with Gasteiger partial charge >= 0.3 is 5.97 Å². The minimum Gasteiger partial charge on any atom is -0.508 e. The Morgan fingerprint density at radius 2 is 1.95 bits per heavy atom. The largest absolute Gasteiger partial charge is 0.508 e. The highest BCUT2D eigenvalue weighted by atomic mass is 16.4. The van der Waals surface area contributed by atoms with Crippen LogP contribution in [0.4, 0.5) is 11.4 Å². The lowest BCUT2D eigenvalue weighted by molar-refractivity contribution is -0.139. The van der Waals surface area contributed by atoms with Gasteiger partial charge < -0.3 is 41.5 Å². The molecular weight excluding hydrogens is 520 g/mol. The van der Waals surface area contributed by atoms with E-state index in [9.17, 15) is 35.1 Å². The first kappa shape index (κ1) is 29.0. The number of carbonyl (C=O) groups excluding carboxylic acids is 1. The van der Waals surface area contributed by atoms with Crippen molar-refractivity contribution in [3.63, 3.8) is 0 Å². The van der Waals surface area contributed by atoms with E-state index in [2.05, 4.69) is 31.3 Å². The van der Waals surface area contributed by atoms with Crippen LogP contribution in [0.25, 0.3) is 0 Å². The van der Waals surface area contributed by atoms with Gasteiger partial charge in [-0.05, 0) is 37.1 Å². The summed E-state index contributed by atoms with van der Waals surface area (Å²) in [6.45, 7) is 2.05. The number of phenolic OH excluding ortho intramolecular Hbond substituents is 1. The average molecular weight is 555 g/mol. The zero-order chi connectivity index (χ0) is 28.8. The van der Waals surface area contributed by atoms with Crippen LogP contribution in [-0.2, 0) is 9.59 Å². The van der Waals surface area contributed by atoms with E-state index in [1.165, 1.54) is 12.1 Å². The Labute approximate surface area is 230 Å². The molecule has 2 heterocycles. The summed E-state index contributed by atoms with van der Waals surface area (Å²) in [5, 5.41) is 61.8. The number of aliphatic hydroxyl groups is 3. The van der Waals surface area contributed by atoms with Gasteiger partial charge in [0.2, 0.25) is 5.91 Å². The van der Waals surface area contributed by atoms with Crippen LogP contribution in [0.1, 0.15) is 43.1 Å². The molecule has 13 heteroatoms. The van der Waals surface area contributed by atoms with Gasteiger partial charge in [0, 0.05) is 42.9 Å². The lowest BCUT2D eigenvalue weighted by Crippen LogP contribution is -2.51. The fourth-order valence-electron chi connectivity index (χ4n) is 4.51.